The van der Waals surface area contributed by atoms with Gasteiger partial charge in [0, 0.05) is 10.0 Å². The van der Waals surface area contributed by atoms with Crippen molar-refractivity contribution in [3.8, 4) is 11.4 Å². The van der Waals surface area contributed by atoms with Crippen LogP contribution in [-0.2, 0) is 4.79 Å². The van der Waals surface area contributed by atoms with Crippen molar-refractivity contribution in [3.63, 3.8) is 0 Å². The van der Waals surface area contributed by atoms with Gasteiger partial charge in [0.05, 0.1) is 5.75 Å². The van der Waals surface area contributed by atoms with Crippen LogP contribution in [0.15, 0.2) is 33.9 Å². The summed E-state index contributed by atoms with van der Waals surface area (Å²) in [6.45, 7) is 0. The monoisotopic (exact) mass is 370 g/mol. The smallest absolute Gasteiger partial charge is 0.318 e. The van der Waals surface area contributed by atoms with E-state index in [1.807, 2.05) is 29.6 Å². The zero-order valence-electron chi connectivity index (χ0n) is 10.6. The van der Waals surface area contributed by atoms with Gasteiger partial charge in [-0.2, -0.15) is 0 Å². The molecule has 0 radical (unpaired) electrons. The minimum Gasteiger partial charge on any atom is -0.351 e. The van der Waals surface area contributed by atoms with Crippen LogP contribution in [0.1, 0.15) is 0 Å². The first-order chi connectivity index (χ1) is 9.99. The van der Waals surface area contributed by atoms with Gasteiger partial charge in [0.1, 0.15) is 0 Å². The van der Waals surface area contributed by atoms with Crippen LogP contribution >= 0.6 is 27.7 Å². The molecule has 0 fully saturated rings. The molecule has 2 aromatic rings. The Labute approximate surface area is 132 Å². The second kappa shape index (κ2) is 6.59. The van der Waals surface area contributed by atoms with Crippen LogP contribution in [0.5, 0.6) is 0 Å². The Balaban J connectivity index is 2.13. The fourth-order valence-corrected chi connectivity index (χ4v) is 2.62. The molecule has 0 bridgehead atoms. The van der Waals surface area contributed by atoms with Gasteiger partial charge in [-0.3, -0.25) is 10.1 Å². The van der Waals surface area contributed by atoms with E-state index >= 15 is 0 Å². The maximum Gasteiger partial charge on any atom is 0.318 e. The molecule has 0 spiro atoms. The summed E-state index contributed by atoms with van der Waals surface area (Å²) in [6, 6.07) is 6.52. The predicted octanol–water partition coefficient (Wildman–Crippen LogP) is 0.708. The average molecular weight is 371 g/mol. The van der Waals surface area contributed by atoms with Crippen molar-refractivity contribution >= 4 is 39.6 Å². The molecule has 1 aromatic carbocycles. The molecule has 1 heterocycles. The Morgan fingerprint density at radius 2 is 2.05 bits per heavy atom. The number of rotatable bonds is 4. The molecular formula is C11H11BrN6O2S. The summed E-state index contributed by atoms with van der Waals surface area (Å²) < 4.78 is 2.11. The van der Waals surface area contributed by atoms with Crippen LogP contribution in [0.3, 0.4) is 0 Å². The third-order valence-corrected chi connectivity index (χ3v) is 4.01. The highest BCUT2D eigenvalue weighted by molar-refractivity contribution is 9.10. The van der Waals surface area contributed by atoms with Gasteiger partial charge >= 0.3 is 6.03 Å². The number of carbonyl (C=O) groups excluding carboxylic acids is 2. The minimum absolute atomic E-state index is 0.0474. The molecular weight excluding hydrogens is 360 g/mol. The highest BCUT2D eigenvalue weighted by Gasteiger charge is 2.15. The number of carbonyl (C=O) groups is 2. The van der Waals surface area contributed by atoms with E-state index in [1.165, 1.54) is 4.68 Å². The molecule has 0 aliphatic carbocycles. The number of nitrogens with two attached hydrogens (primary N) is 2. The number of primary amides is 1. The highest BCUT2D eigenvalue weighted by atomic mass is 79.9. The quantitative estimate of drug-likeness (QED) is 0.536. The normalized spacial score (nSPS) is 10.3. The predicted molar refractivity (Wildman–Crippen MR) is 81.8 cm³/mol. The van der Waals surface area contributed by atoms with Gasteiger partial charge in [0.25, 0.3) is 0 Å². The van der Waals surface area contributed by atoms with E-state index in [1.54, 1.807) is 0 Å². The van der Waals surface area contributed by atoms with Crippen LogP contribution in [0.25, 0.3) is 11.4 Å². The number of benzene rings is 1. The van der Waals surface area contributed by atoms with E-state index in [9.17, 15) is 9.59 Å². The van der Waals surface area contributed by atoms with Gasteiger partial charge in [0.2, 0.25) is 11.1 Å². The number of urea groups is 1. The number of nitrogens with zero attached hydrogens (tertiary/aromatic N) is 3. The molecule has 1 aromatic heterocycles. The van der Waals surface area contributed by atoms with E-state index in [0.29, 0.717) is 11.0 Å². The summed E-state index contributed by atoms with van der Waals surface area (Å²) in [5.74, 6) is 5.80. The Bertz CT molecular complexity index is 689. The summed E-state index contributed by atoms with van der Waals surface area (Å²) in [7, 11) is 0. The molecule has 8 nitrogen and oxygen atoms in total. The van der Waals surface area contributed by atoms with Crippen LogP contribution in [-0.4, -0.2) is 32.6 Å². The zero-order chi connectivity index (χ0) is 15.4. The molecule has 0 unspecified atom stereocenters. The van der Waals surface area contributed by atoms with E-state index in [2.05, 4.69) is 26.1 Å². The summed E-state index contributed by atoms with van der Waals surface area (Å²) in [5.41, 5.74) is 5.62. The third-order valence-electron chi connectivity index (χ3n) is 2.37. The van der Waals surface area contributed by atoms with Crippen molar-refractivity contribution in [2.75, 3.05) is 11.6 Å². The Morgan fingerprint density at radius 3 is 2.71 bits per heavy atom. The molecule has 2 rings (SSSR count). The fraction of sp³-hybridized carbons (Fsp3) is 0.0909. The first-order valence-corrected chi connectivity index (χ1v) is 7.44. The molecule has 0 aliphatic rings. The van der Waals surface area contributed by atoms with Crippen molar-refractivity contribution in [1.29, 1.82) is 0 Å². The molecule has 10 heteroatoms. The first kappa shape index (κ1) is 15.3. The summed E-state index contributed by atoms with van der Waals surface area (Å²) >= 11 is 4.45. The van der Waals surface area contributed by atoms with E-state index in [0.717, 1.165) is 21.8 Å². The van der Waals surface area contributed by atoms with Crippen molar-refractivity contribution in [3.05, 3.63) is 28.7 Å². The number of aromatic nitrogens is 3. The Morgan fingerprint density at radius 1 is 1.33 bits per heavy atom. The van der Waals surface area contributed by atoms with Gasteiger partial charge in [0.15, 0.2) is 5.82 Å². The maximum absolute atomic E-state index is 11.3. The summed E-state index contributed by atoms with van der Waals surface area (Å²) in [4.78, 5) is 21.9. The number of halogens is 1. The van der Waals surface area contributed by atoms with E-state index in [4.69, 9.17) is 11.6 Å². The standard InChI is InChI=1S/C11H11BrN6O2S/c12-7-4-2-1-3-6(7)9-16-17-11(18(9)14)21-5-8(19)15-10(13)20/h1-4H,5,14H2,(H3,13,15,19,20). The van der Waals surface area contributed by atoms with Crippen molar-refractivity contribution in [2.45, 2.75) is 5.16 Å². The molecule has 0 atom stereocenters. The van der Waals surface area contributed by atoms with E-state index < -0.39 is 11.9 Å². The van der Waals surface area contributed by atoms with Gasteiger partial charge in [-0.1, -0.05) is 39.8 Å². The lowest BCUT2D eigenvalue weighted by Crippen LogP contribution is -2.36. The third kappa shape index (κ3) is 3.73. The lowest BCUT2D eigenvalue weighted by molar-refractivity contribution is -0.117. The van der Waals surface area contributed by atoms with Gasteiger partial charge in [-0.15, -0.1) is 10.2 Å². The van der Waals surface area contributed by atoms with Gasteiger partial charge in [-0.25, -0.2) is 9.47 Å². The zero-order valence-corrected chi connectivity index (χ0v) is 13.0. The lowest BCUT2D eigenvalue weighted by Gasteiger charge is -2.05. The molecule has 0 aliphatic heterocycles. The number of imide groups is 1. The molecule has 110 valence electrons. The molecule has 0 saturated carbocycles. The largest absolute Gasteiger partial charge is 0.351 e. The maximum atomic E-state index is 11.3. The molecule has 0 saturated heterocycles. The van der Waals surface area contributed by atoms with Crippen LogP contribution in [0.2, 0.25) is 0 Å². The number of thioether (sulfide) groups is 1. The Kier molecular flexibility index (Phi) is 4.81. The number of nitrogen functional groups attached to an aromatic ring is 1. The first-order valence-electron chi connectivity index (χ1n) is 5.66. The van der Waals surface area contributed by atoms with Crippen molar-refractivity contribution < 1.29 is 9.59 Å². The van der Waals surface area contributed by atoms with Crippen molar-refractivity contribution in [1.82, 2.24) is 20.2 Å². The molecule has 3 amide bonds. The van der Waals surface area contributed by atoms with Gasteiger partial charge < -0.3 is 11.6 Å². The highest BCUT2D eigenvalue weighted by Crippen LogP contribution is 2.27. The summed E-state index contributed by atoms with van der Waals surface area (Å²) in [5, 5.41) is 10.2. The number of nitrogens with one attached hydrogen (secondary N) is 1. The number of hydrogen-bond acceptors (Lipinski definition) is 6. The second-order valence-electron chi connectivity index (χ2n) is 3.86. The van der Waals surface area contributed by atoms with Gasteiger partial charge in [-0.05, 0) is 12.1 Å². The second-order valence-corrected chi connectivity index (χ2v) is 5.65. The lowest BCUT2D eigenvalue weighted by atomic mass is 10.2. The van der Waals surface area contributed by atoms with Crippen LogP contribution in [0.4, 0.5) is 4.79 Å². The summed E-state index contributed by atoms with van der Waals surface area (Å²) in [6.07, 6.45) is 0. The van der Waals surface area contributed by atoms with E-state index in [-0.39, 0.29) is 5.75 Å². The number of hydrogen-bond donors (Lipinski definition) is 3. The number of amides is 3. The fourth-order valence-electron chi connectivity index (χ4n) is 1.51. The van der Waals surface area contributed by atoms with Crippen molar-refractivity contribution in [2.24, 2.45) is 5.73 Å². The SMILES string of the molecule is NC(=O)NC(=O)CSc1nnc(-c2ccccc2Br)n1N. The minimum atomic E-state index is -0.899. The Hall–Kier alpha value is -2.07. The average Bonchev–Trinajstić information content (AvgIpc) is 2.77. The molecule has 21 heavy (non-hydrogen) atoms. The topological polar surface area (TPSA) is 129 Å². The molecule has 5 N–H and O–H groups in total. The van der Waals surface area contributed by atoms with Crippen LogP contribution < -0.4 is 16.9 Å². The van der Waals surface area contributed by atoms with Crippen LogP contribution in [0, 0.1) is 0 Å².